The number of carboxylic acid groups (broad SMARTS) is 1. The molecule has 0 aliphatic carbocycles. The molecule has 3 atom stereocenters. The summed E-state index contributed by atoms with van der Waals surface area (Å²) in [5, 5.41) is 33.5. The van der Waals surface area contributed by atoms with Gasteiger partial charge in [-0.1, -0.05) is 48.0 Å². The lowest BCUT2D eigenvalue weighted by molar-refractivity contribution is -0.150. The number of thioether (sulfide) groups is 1. The van der Waals surface area contributed by atoms with E-state index in [1.165, 1.54) is 30.0 Å². The SMILES string of the molecule is O=C(O)C1=C(Cl)CS[C@H]2C(NC(=O)C(NC(=O)c3cccc(O)c3O)c3ccccc3)C(=O)N12. The van der Waals surface area contributed by atoms with Crippen LogP contribution in [0.25, 0.3) is 0 Å². The number of carbonyl (C=O) groups is 4. The van der Waals surface area contributed by atoms with Gasteiger partial charge in [0, 0.05) is 5.75 Å². The van der Waals surface area contributed by atoms with Crippen molar-refractivity contribution < 1.29 is 34.5 Å². The molecular formula is C22H18ClN3O7S. The Kier molecular flexibility index (Phi) is 6.40. The number of aliphatic carboxylic acids is 1. The van der Waals surface area contributed by atoms with Crippen LogP contribution in [0, 0.1) is 0 Å². The fraction of sp³-hybridized carbons (Fsp3) is 0.182. The lowest BCUT2D eigenvalue weighted by Gasteiger charge is -2.49. The molecule has 2 unspecified atom stereocenters. The normalized spacial score (nSPS) is 20.1. The van der Waals surface area contributed by atoms with E-state index in [1.807, 2.05) is 0 Å². The molecule has 5 N–H and O–H groups in total. The van der Waals surface area contributed by atoms with Gasteiger partial charge in [0.1, 0.15) is 23.2 Å². The first kappa shape index (κ1) is 23.5. The third-order valence-corrected chi connectivity index (χ3v) is 7.10. The number of phenols is 2. The Bertz CT molecular complexity index is 1220. The number of hydrogen-bond donors (Lipinski definition) is 5. The van der Waals surface area contributed by atoms with Crippen molar-refractivity contribution in [3.63, 3.8) is 0 Å². The number of amides is 3. The van der Waals surface area contributed by atoms with E-state index >= 15 is 0 Å². The van der Waals surface area contributed by atoms with Gasteiger partial charge >= 0.3 is 5.97 Å². The maximum Gasteiger partial charge on any atom is 0.353 e. The minimum atomic E-state index is -1.34. The predicted octanol–water partition coefficient (Wildman–Crippen LogP) is 1.50. The van der Waals surface area contributed by atoms with Gasteiger partial charge in [-0.2, -0.15) is 0 Å². The second kappa shape index (κ2) is 9.27. The first-order valence-corrected chi connectivity index (χ1v) is 11.4. The number of phenolic OH excluding ortho intramolecular Hbond substituents is 2. The van der Waals surface area contributed by atoms with Gasteiger partial charge in [-0.05, 0) is 17.7 Å². The monoisotopic (exact) mass is 503 g/mol. The summed E-state index contributed by atoms with van der Waals surface area (Å²) < 4.78 is 0. The standard InChI is InChI=1S/C22H18ClN3O7S/c23-12-9-34-21-15(20(31)26(21)16(12)22(32)33)25-19(30)14(10-5-2-1-3-6-10)24-18(29)11-7-4-8-13(27)17(11)28/h1-8,14-15,21,27-28H,9H2,(H,24,29)(H,25,30)(H,32,33)/t14?,15?,21-/m0/s1. The van der Waals surface area contributed by atoms with Crippen LogP contribution < -0.4 is 10.6 Å². The molecule has 0 saturated carbocycles. The van der Waals surface area contributed by atoms with Crippen molar-refractivity contribution in [3.05, 3.63) is 70.4 Å². The minimum absolute atomic E-state index is 0.0345. The number of halogens is 1. The first-order valence-electron chi connectivity index (χ1n) is 9.94. The van der Waals surface area contributed by atoms with Crippen LogP contribution in [0.5, 0.6) is 11.5 Å². The molecular weight excluding hydrogens is 486 g/mol. The molecule has 0 spiro atoms. The summed E-state index contributed by atoms with van der Waals surface area (Å²) in [5.41, 5.74) is -0.149. The van der Waals surface area contributed by atoms with Crippen LogP contribution in [0.2, 0.25) is 0 Å². The van der Waals surface area contributed by atoms with E-state index in [9.17, 15) is 34.5 Å². The van der Waals surface area contributed by atoms with Crippen LogP contribution in [0.4, 0.5) is 0 Å². The third-order valence-electron chi connectivity index (χ3n) is 5.35. The number of hydrogen-bond acceptors (Lipinski definition) is 7. The molecule has 2 aliphatic rings. The molecule has 0 aromatic heterocycles. The average Bonchev–Trinajstić information content (AvgIpc) is 2.82. The molecule has 10 nitrogen and oxygen atoms in total. The van der Waals surface area contributed by atoms with Gasteiger partial charge in [0.05, 0.1) is 10.6 Å². The summed E-state index contributed by atoms with van der Waals surface area (Å²) in [6.07, 6.45) is 0. The fourth-order valence-corrected chi connectivity index (χ4v) is 5.24. The number of rotatable bonds is 6. The molecule has 0 bridgehead atoms. The van der Waals surface area contributed by atoms with Crippen LogP contribution in [0.15, 0.2) is 59.3 Å². The summed E-state index contributed by atoms with van der Waals surface area (Å²) in [5.74, 6) is -4.48. The highest BCUT2D eigenvalue weighted by molar-refractivity contribution is 8.00. The van der Waals surface area contributed by atoms with Crippen LogP contribution in [0.1, 0.15) is 22.0 Å². The lowest BCUT2D eigenvalue weighted by atomic mass is 10.0. The summed E-state index contributed by atoms with van der Waals surface area (Å²) in [6.45, 7) is 0. The van der Waals surface area contributed by atoms with Gasteiger partial charge in [0.25, 0.3) is 11.8 Å². The Hall–Kier alpha value is -3.70. The summed E-state index contributed by atoms with van der Waals surface area (Å²) >= 11 is 7.18. The quantitative estimate of drug-likeness (QED) is 0.293. The van der Waals surface area contributed by atoms with Crippen LogP contribution >= 0.6 is 23.4 Å². The summed E-state index contributed by atoms with van der Waals surface area (Å²) in [6, 6.07) is 9.82. The van der Waals surface area contributed by atoms with E-state index in [0.29, 0.717) is 5.56 Å². The molecule has 34 heavy (non-hydrogen) atoms. The first-order chi connectivity index (χ1) is 16.2. The average molecular weight is 504 g/mol. The Labute approximate surface area is 202 Å². The van der Waals surface area contributed by atoms with Crippen molar-refractivity contribution in [1.82, 2.24) is 15.5 Å². The third kappa shape index (κ3) is 4.15. The van der Waals surface area contributed by atoms with Crippen molar-refractivity contribution in [2.45, 2.75) is 17.5 Å². The molecule has 3 amide bonds. The highest BCUT2D eigenvalue weighted by atomic mass is 35.5. The molecule has 2 heterocycles. The smallest absolute Gasteiger partial charge is 0.353 e. The van der Waals surface area contributed by atoms with Gasteiger partial charge in [-0.15, -0.1) is 11.8 Å². The Morgan fingerprint density at radius 1 is 1.09 bits per heavy atom. The second-order valence-electron chi connectivity index (χ2n) is 7.45. The number of nitrogens with one attached hydrogen (secondary N) is 2. The van der Waals surface area contributed by atoms with E-state index in [1.54, 1.807) is 30.3 Å². The highest BCUT2D eigenvalue weighted by Gasteiger charge is 2.54. The largest absolute Gasteiger partial charge is 0.504 e. The zero-order valence-corrected chi connectivity index (χ0v) is 18.8. The molecule has 4 rings (SSSR count). The maximum atomic E-state index is 13.2. The highest BCUT2D eigenvalue weighted by Crippen LogP contribution is 2.41. The van der Waals surface area contributed by atoms with E-state index < -0.39 is 52.6 Å². The number of benzene rings is 2. The maximum absolute atomic E-state index is 13.2. The van der Waals surface area contributed by atoms with E-state index in [2.05, 4.69) is 10.6 Å². The second-order valence-corrected chi connectivity index (χ2v) is 9.01. The number of carboxylic acids is 1. The number of aromatic hydroxyl groups is 2. The van der Waals surface area contributed by atoms with Crippen molar-refractivity contribution in [1.29, 1.82) is 0 Å². The molecule has 0 radical (unpaired) electrons. The van der Waals surface area contributed by atoms with E-state index in [-0.39, 0.29) is 22.0 Å². The molecule has 2 aromatic carbocycles. The number of para-hydroxylation sites is 1. The van der Waals surface area contributed by atoms with Gasteiger partial charge in [0.2, 0.25) is 5.91 Å². The van der Waals surface area contributed by atoms with E-state index in [0.717, 1.165) is 4.90 Å². The van der Waals surface area contributed by atoms with Gasteiger partial charge in [-0.3, -0.25) is 19.3 Å². The molecule has 12 heteroatoms. The predicted molar refractivity (Wildman–Crippen MR) is 122 cm³/mol. The Balaban J connectivity index is 1.56. The van der Waals surface area contributed by atoms with Crippen molar-refractivity contribution >= 4 is 47.1 Å². The zero-order valence-electron chi connectivity index (χ0n) is 17.3. The molecule has 1 saturated heterocycles. The van der Waals surface area contributed by atoms with Crippen LogP contribution in [-0.4, -0.2) is 61.1 Å². The molecule has 2 aromatic rings. The zero-order chi connectivity index (χ0) is 24.6. The molecule has 176 valence electrons. The Morgan fingerprint density at radius 2 is 1.79 bits per heavy atom. The van der Waals surface area contributed by atoms with Gasteiger partial charge < -0.3 is 26.0 Å². The van der Waals surface area contributed by atoms with Gasteiger partial charge in [0.15, 0.2) is 11.5 Å². The van der Waals surface area contributed by atoms with Gasteiger partial charge in [-0.25, -0.2) is 4.79 Å². The van der Waals surface area contributed by atoms with Crippen molar-refractivity contribution in [2.24, 2.45) is 0 Å². The number of fused-ring (bicyclic) bond motifs is 1. The summed E-state index contributed by atoms with van der Waals surface area (Å²) in [4.78, 5) is 51.2. The number of nitrogens with zero attached hydrogens (tertiary/aromatic N) is 1. The molecule has 2 aliphatic heterocycles. The topological polar surface area (TPSA) is 156 Å². The van der Waals surface area contributed by atoms with Crippen LogP contribution in [-0.2, 0) is 14.4 Å². The fourth-order valence-electron chi connectivity index (χ4n) is 3.69. The number of β-lactam (4-membered cyclic amide) rings is 1. The number of carbonyl (C=O) groups excluding carboxylic acids is 3. The van der Waals surface area contributed by atoms with Crippen LogP contribution in [0.3, 0.4) is 0 Å². The lowest BCUT2D eigenvalue weighted by Crippen LogP contribution is -2.71. The van der Waals surface area contributed by atoms with Crippen molar-refractivity contribution in [3.8, 4) is 11.5 Å². The summed E-state index contributed by atoms with van der Waals surface area (Å²) in [7, 11) is 0. The Morgan fingerprint density at radius 3 is 2.47 bits per heavy atom. The molecule has 1 fully saturated rings. The minimum Gasteiger partial charge on any atom is -0.504 e. The van der Waals surface area contributed by atoms with Crippen molar-refractivity contribution in [2.75, 3.05) is 5.75 Å². The van der Waals surface area contributed by atoms with E-state index in [4.69, 9.17) is 11.6 Å².